The van der Waals surface area contributed by atoms with Crippen LogP contribution >= 0.6 is 0 Å². The van der Waals surface area contributed by atoms with E-state index in [1.54, 1.807) is 37.4 Å². The maximum absolute atomic E-state index is 13.2. The summed E-state index contributed by atoms with van der Waals surface area (Å²) in [6.45, 7) is 0. The van der Waals surface area contributed by atoms with E-state index >= 15 is 0 Å². The predicted molar refractivity (Wildman–Crippen MR) is 177 cm³/mol. The zero-order valence-corrected chi connectivity index (χ0v) is 26.5. The Labute approximate surface area is 269 Å². The molecule has 1 N–H and O–H groups in total. The van der Waals surface area contributed by atoms with Crippen molar-refractivity contribution < 1.29 is 42.4 Å². The second-order valence-electron chi connectivity index (χ2n) is 9.88. The molecular weight excluding hydrogens is 608 g/mol. The Morgan fingerprint density at radius 1 is 0.574 bits per heavy atom. The van der Waals surface area contributed by atoms with E-state index in [2.05, 4.69) is 0 Å². The van der Waals surface area contributed by atoms with Gasteiger partial charge in [0.15, 0.2) is 34.0 Å². The van der Waals surface area contributed by atoms with Crippen molar-refractivity contribution in [2.75, 3.05) is 42.7 Å². The molecule has 0 spiro atoms. The predicted octanol–water partition coefficient (Wildman–Crippen LogP) is 6.68. The number of benzene rings is 4. The van der Waals surface area contributed by atoms with Gasteiger partial charge in [0.05, 0.1) is 48.0 Å². The van der Waals surface area contributed by atoms with Crippen molar-refractivity contribution >= 4 is 21.9 Å². The molecule has 0 atom stereocenters. The number of phenols is 1. The lowest BCUT2D eigenvalue weighted by atomic mass is 10.1. The van der Waals surface area contributed by atoms with Crippen molar-refractivity contribution in [3.8, 4) is 62.9 Å². The molecule has 0 aliphatic rings. The monoisotopic (exact) mass is 640 g/mol. The second kappa shape index (κ2) is 13.9. The molecule has 11 nitrogen and oxygen atoms in total. The minimum Gasteiger partial charge on any atom is -0.507 e. The second-order valence-corrected chi connectivity index (χ2v) is 9.88. The summed E-state index contributed by atoms with van der Waals surface area (Å²) in [7, 11) is 8.87. The van der Waals surface area contributed by atoms with Crippen LogP contribution < -0.4 is 39.3 Å². The van der Waals surface area contributed by atoms with Gasteiger partial charge in [-0.3, -0.25) is 9.59 Å². The number of fused-ring (bicyclic) bond motifs is 2. The summed E-state index contributed by atoms with van der Waals surface area (Å²) < 4.78 is 44.0. The minimum absolute atomic E-state index is 0.0407. The van der Waals surface area contributed by atoms with Crippen molar-refractivity contribution in [1.82, 2.24) is 0 Å². The Bertz CT molecular complexity index is 2170. The number of rotatable bonds is 8. The Hall–Kier alpha value is -6.10. The first kappa shape index (κ1) is 32.3. The number of hydrogen-bond donors (Lipinski definition) is 1. The summed E-state index contributed by atoms with van der Waals surface area (Å²) in [5.41, 5.74) is 1.38. The molecule has 11 heteroatoms. The molecule has 0 aliphatic heterocycles. The van der Waals surface area contributed by atoms with Crippen molar-refractivity contribution in [2.45, 2.75) is 0 Å². The molecule has 6 aromatic rings. The SMILES string of the molecule is COc1ccc(-c2oc3c(OC)c(OC)c(OC)cc3c(=O)c2OC)cc1OC.O=c1cc(-c2ccccc2)oc2cccc(O)c12. The Morgan fingerprint density at radius 2 is 1.26 bits per heavy atom. The molecule has 4 aromatic carbocycles. The van der Waals surface area contributed by atoms with Gasteiger partial charge in [-0.05, 0) is 36.4 Å². The molecule has 0 unspecified atom stereocenters. The average Bonchev–Trinajstić information content (AvgIpc) is 3.10. The van der Waals surface area contributed by atoms with Crippen LogP contribution in [0.25, 0.3) is 44.6 Å². The smallest absolute Gasteiger partial charge is 0.235 e. The maximum Gasteiger partial charge on any atom is 0.235 e. The summed E-state index contributed by atoms with van der Waals surface area (Å²) in [6.07, 6.45) is 0. The molecular formula is C36H32O11. The lowest BCUT2D eigenvalue weighted by molar-refractivity contribution is 0.323. The summed E-state index contributed by atoms with van der Waals surface area (Å²) in [5, 5.41) is 10.1. The van der Waals surface area contributed by atoms with Gasteiger partial charge >= 0.3 is 0 Å². The highest BCUT2D eigenvalue weighted by molar-refractivity contribution is 5.91. The van der Waals surface area contributed by atoms with Crippen LogP contribution in [0.2, 0.25) is 0 Å². The van der Waals surface area contributed by atoms with Crippen LogP contribution in [0, 0.1) is 0 Å². The molecule has 0 amide bonds. The first-order valence-electron chi connectivity index (χ1n) is 14.2. The van der Waals surface area contributed by atoms with Gasteiger partial charge in [0.2, 0.25) is 22.7 Å². The third-order valence-corrected chi connectivity index (χ3v) is 7.29. The van der Waals surface area contributed by atoms with Gasteiger partial charge in [0, 0.05) is 17.2 Å². The van der Waals surface area contributed by atoms with E-state index in [-0.39, 0.29) is 50.2 Å². The molecule has 0 saturated heterocycles. The van der Waals surface area contributed by atoms with Crippen LogP contribution in [0.5, 0.6) is 40.2 Å². The third-order valence-electron chi connectivity index (χ3n) is 7.29. The normalized spacial score (nSPS) is 10.6. The number of methoxy groups -OCH3 is 6. The first-order valence-corrected chi connectivity index (χ1v) is 14.2. The standard InChI is InChI=1S/C21H22O8.C15H10O3/c1-23-13-8-7-11(9-14(13)24-2)17-20(27-5)16(22)12-10-15(25-3)19(26-4)21(28-6)18(12)29-17;16-11-7-4-8-13-15(11)12(17)9-14(18-13)10-5-2-1-3-6-10/h7-10H,1-6H3;1-9,16H. The van der Waals surface area contributed by atoms with Gasteiger partial charge in [-0.1, -0.05) is 36.4 Å². The minimum atomic E-state index is -0.377. The van der Waals surface area contributed by atoms with Crippen molar-refractivity contribution in [1.29, 1.82) is 0 Å². The van der Waals surface area contributed by atoms with Gasteiger partial charge in [-0.25, -0.2) is 0 Å². The zero-order valence-electron chi connectivity index (χ0n) is 26.5. The largest absolute Gasteiger partial charge is 0.507 e. The summed E-state index contributed by atoms with van der Waals surface area (Å²) in [6, 6.07) is 22.3. The van der Waals surface area contributed by atoms with Crippen LogP contribution in [0.1, 0.15) is 0 Å². The van der Waals surface area contributed by atoms with Gasteiger partial charge in [0.1, 0.15) is 22.5 Å². The maximum atomic E-state index is 13.2. The Balaban J connectivity index is 0.000000205. The van der Waals surface area contributed by atoms with E-state index in [9.17, 15) is 14.7 Å². The molecule has 2 aromatic heterocycles. The van der Waals surface area contributed by atoms with E-state index in [0.29, 0.717) is 39.9 Å². The molecule has 0 fully saturated rings. The molecule has 6 rings (SSSR count). The van der Waals surface area contributed by atoms with E-state index in [0.717, 1.165) is 5.56 Å². The first-order chi connectivity index (χ1) is 22.8. The number of phenolic OH excluding ortho intramolecular Hbond substituents is 1. The summed E-state index contributed by atoms with van der Waals surface area (Å²) >= 11 is 0. The number of aromatic hydroxyl groups is 1. The van der Waals surface area contributed by atoms with Gasteiger partial charge < -0.3 is 42.4 Å². The van der Waals surface area contributed by atoms with E-state index in [1.165, 1.54) is 53.7 Å². The lowest BCUT2D eigenvalue weighted by Crippen LogP contribution is -2.09. The number of ether oxygens (including phenoxy) is 6. The van der Waals surface area contributed by atoms with Crippen molar-refractivity contribution in [3.63, 3.8) is 0 Å². The molecule has 2 heterocycles. The summed E-state index contributed by atoms with van der Waals surface area (Å²) in [5.74, 6) is 2.62. The highest BCUT2D eigenvalue weighted by Crippen LogP contribution is 2.45. The molecule has 242 valence electrons. The summed E-state index contributed by atoms with van der Waals surface area (Å²) in [4.78, 5) is 25.1. The fraction of sp³-hybridized carbons (Fsp3) is 0.167. The van der Waals surface area contributed by atoms with Crippen molar-refractivity contribution in [3.05, 3.63) is 99.3 Å². The van der Waals surface area contributed by atoms with Crippen molar-refractivity contribution in [2.24, 2.45) is 0 Å². The lowest BCUT2D eigenvalue weighted by Gasteiger charge is -2.16. The molecule has 47 heavy (non-hydrogen) atoms. The Morgan fingerprint density at radius 3 is 1.89 bits per heavy atom. The van der Waals surface area contributed by atoms with Crippen LogP contribution in [0.3, 0.4) is 0 Å². The third kappa shape index (κ3) is 6.10. The average molecular weight is 641 g/mol. The van der Waals surface area contributed by atoms with Gasteiger partial charge in [-0.15, -0.1) is 0 Å². The highest BCUT2D eigenvalue weighted by Gasteiger charge is 2.25. The molecule has 0 bridgehead atoms. The van der Waals surface area contributed by atoms with E-state index < -0.39 is 0 Å². The van der Waals surface area contributed by atoms with E-state index in [1.807, 2.05) is 30.3 Å². The van der Waals surface area contributed by atoms with Crippen LogP contribution in [0.15, 0.2) is 97.3 Å². The van der Waals surface area contributed by atoms with Gasteiger partial charge in [0.25, 0.3) is 0 Å². The van der Waals surface area contributed by atoms with Crippen LogP contribution in [-0.2, 0) is 0 Å². The highest BCUT2D eigenvalue weighted by atomic mass is 16.5. The Kier molecular flexibility index (Phi) is 9.55. The van der Waals surface area contributed by atoms with Gasteiger partial charge in [-0.2, -0.15) is 0 Å². The van der Waals surface area contributed by atoms with E-state index in [4.69, 9.17) is 37.3 Å². The molecule has 0 aliphatic carbocycles. The molecule has 0 saturated carbocycles. The topological polar surface area (TPSA) is 136 Å². The van der Waals surface area contributed by atoms with Crippen LogP contribution in [-0.4, -0.2) is 47.8 Å². The fourth-order valence-corrected chi connectivity index (χ4v) is 5.06. The quantitative estimate of drug-likeness (QED) is 0.191. The zero-order chi connectivity index (χ0) is 33.7. The fourth-order valence-electron chi connectivity index (χ4n) is 5.06. The number of hydrogen-bond acceptors (Lipinski definition) is 11. The molecule has 0 radical (unpaired) electrons. The van der Waals surface area contributed by atoms with Crippen LogP contribution in [0.4, 0.5) is 0 Å².